The van der Waals surface area contributed by atoms with Crippen LogP contribution >= 0.6 is 0 Å². The minimum absolute atomic E-state index is 0.0360. The summed E-state index contributed by atoms with van der Waals surface area (Å²) in [6.45, 7) is 10.1. The maximum atomic E-state index is 12.5. The number of nitrogens with one attached hydrogen (secondary N) is 1. The van der Waals surface area contributed by atoms with Crippen LogP contribution < -0.4 is 4.90 Å². The maximum Gasteiger partial charge on any atom is 0.311 e. The summed E-state index contributed by atoms with van der Waals surface area (Å²) in [6.07, 6.45) is 15.0. The average Bonchev–Trinajstić information content (AvgIpc) is 3.39. The lowest BCUT2D eigenvalue weighted by atomic mass is 9.44. The summed E-state index contributed by atoms with van der Waals surface area (Å²) < 4.78 is 6.01. The molecule has 0 amide bonds. The van der Waals surface area contributed by atoms with Crippen LogP contribution in [0, 0.1) is 34.5 Å². The zero-order chi connectivity index (χ0) is 22.5. The van der Waals surface area contributed by atoms with Crippen molar-refractivity contribution >= 4 is 11.8 Å². The van der Waals surface area contributed by atoms with Gasteiger partial charge in [0.2, 0.25) is 0 Å². The number of ketones is 1. The van der Waals surface area contributed by atoms with E-state index in [0.29, 0.717) is 29.5 Å². The number of allylic oxidation sites excluding steroid dienone is 2. The lowest BCUT2D eigenvalue weighted by Crippen LogP contribution is -3.10. The monoisotopic (exact) mass is 442 g/mol. The van der Waals surface area contributed by atoms with Crippen molar-refractivity contribution in [3.8, 4) is 0 Å². The van der Waals surface area contributed by atoms with Gasteiger partial charge in [-0.3, -0.25) is 9.59 Å². The van der Waals surface area contributed by atoms with E-state index in [0.717, 1.165) is 43.2 Å². The molecule has 0 unspecified atom stereocenters. The van der Waals surface area contributed by atoms with Gasteiger partial charge < -0.3 is 9.64 Å². The van der Waals surface area contributed by atoms with Crippen molar-refractivity contribution in [1.82, 2.24) is 0 Å². The highest BCUT2D eigenvalue weighted by atomic mass is 16.5. The number of hydrogen-bond donors (Lipinski definition) is 1. The Bertz CT molecular complexity index is 784. The average molecular weight is 443 g/mol. The minimum Gasteiger partial charge on any atom is -0.462 e. The zero-order valence-corrected chi connectivity index (χ0v) is 20.6. The molecular formula is C28H44NO3+. The van der Waals surface area contributed by atoms with E-state index in [4.69, 9.17) is 4.74 Å². The van der Waals surface area contributed by atoms with E-state index in [1.54, 1.807) is 11.8 Å². The SMILES string of the molecule is CC(=O)C1=CC[C@H]2[C@H]3CC[C@H]4C[C@@H](OC(=O)CC[NH+]5CCCC5)CC[C@]4(C)[C@@H]3CC[C@]12C. The van der Waals surface area contributed by atoms with Gasteiger partial charge in [0, 0.05) is 12.8 Å². The fourth-order valence-corrected chi connectivity index (χ4v) is 9.09. The number of ether oxygens (including phenoxy) is 1. The summed E-state index contributed by atoms with van der Waals surface area (Å²) >= 11 is 0. The van der Waals surface area contributed by atoms with Gasteiger partial charge in [-0.25, -0.2) is 0 Å². The molecule has 1 N–H and O–H groups in total. The number of likely N-dealkylation sites (tertiary alicyclic amines) is 1. The van der Waals surface area contributed by atoms with Gasteiger partial charge in [-0.15, -0.1) is 0 Å². The summed E-state index contributed by atoms with van der Waals surface area (Å²) in [6, 6.07) is 0. The molecule has 178 valence electrons. The normalized spacial score (nSPS) is 43.7. The quantitative estimate of drug-likeness (QED) is 0.651. The molecule has 0 spiro atoms. The number of esters is 1. The van der Waals surface area contributed by atoms with Crippen LogP contribution in [0.1, 0.15) is 91.4 Å². The van der Waals surface area contributed by atoms with Crippen LogP contribution in [-0.4, -0.2) is 37.5 Å². The van der Waals surface area contributed by atoms with Gasteiger partial charge in [0.05, 0.1) is 26.1 Å². The molecule has 5 aliphatic rings. The predicted molar refractivity (Wildman–Crippen MR) is 125 cm³/mol. The number of carbonyl (C=O) groups is 2. The predicted octanol–water partition coefficient (Wildman–Crippen LogP) is 4.14. The molecule has 4 nitrogen and oxygen atoms in total. The Balaban J connectivity index is 1.20. The van der Waals surface area contributed by atoms with E-state index in [1.807, 2.05) is 0 Å². The third-order valence-electron chi connectivity index (χ3n) is 10.9. The van der Waals surface area contributed by atoms with Crippen molar-refractivity contribution in [1.29, 1.82) is 0 Å². The zero-order valence-electron chi connectivity index (χ0n) is 20.6. The highest BCUT2D eigenvalue weighted by Crippen LogP contribution is 2.66. The molecule has 4 fully saturated rings. The molecule has 3 saturated carbocycles. The summed E-state index contributed by atoms with van der Waals surface area (Å²) in [4.78, 5) is 26.4. The molecule has 0 aromatic rings. The Morgan fingerprint density at radius 3 is 2.59 bits per heavy atom. The van der Waals surface area contributed by atoms with Gasteiger partial charge in [0.1, 0.15) is 6.10 Å². The molecule has 1 heterocycles. The lowest BCUT2D eigenvalue weighted by molar-refractivity contribution is -0.886. The Kier molecular flexibility index (Phi) is 6.05. The van der Waals surface area contributed by atoms with Gasteiger partial charge in [0.25, 0.3) is 0 Å². The van der Waals surface area contributed by atoms with Gasteiger partial charge in [-0.2, -0.15) is 0 Å². The van der Waals surface area contributed by atoms with Crippen LogP contribution in [0.2, 0.25) is 0 Å². The van der Waals surface area contributed by atoms with Gasteiger partial charge in [0.15, 0.2) is 5.78 Å². The van der Waals surface area contributed by atoms with E-state index < -0.39 is 0 Å². The summed E-state index contributed by atoms with van der Waals surface area (Å²) in [5.74, 6) is 3.20. The van der Waals surface area contributed by atoms with Crippen LogP contribution in [0.5, 0.6) is 0 Å². The molecule has 4 heteroatoms. The molecule has 5 rings (SSSR count). The third kappa shape index (κ3) is 3.79. The molecular weight excluding hydrogens is 398 g/mol. The number of fused-ring (bicyclic) bond motifs is 5. The van der Waals surface area contributed by atoms with Gasteiger partial charge >= 0.3 is 5.97 Å². The largest absolute Gasteiger partial charge is 0.462 e. The fraction of sp³-hybridized carbons (Fsp3) is 0.857. The molecule has 1 saturated heterocycles. The van der Waals surface area contributed by atoms with Crippen LogP contribution in [0.4, 0.5) is 0 Å². The van der Waals surface area contributed by atoms with E-state index in [2.05, 4.69) is 19.9 Å². The molecule has 0 radical (unpaired) electrons. The highest BCUT2D eigenvalue weighted by Gasteiger charge is 2.59. The van der Waals surface area contributed by atoms with Crippen LogP contribution in [-0.2, 0) is 14.3 Å². The Labute approximate surface area is 194 Å². The van der Waals surface area contributed by atoms with E-state index in [1.165, 1.54) is 58.0 Å². The Hall–Kier alpha value is -1.16. The van der Waals surface area contributed by atoms with Crippen LogP contribution in [0.3, 0.4) is 0 Å². The van der Waals surface area contributed by atoms with Gasteiger partial charge in [-0.05, 0) is 98.4 Å². The van der Waals surface area contributed by atoms with E-state index in [-0.39, 0.29) is 17.5 Å². The first-order chi connectivity index (χ1) is 15.3. The lowest BCUT2D eigenvalue weighted by Gasteiger charge is -2.60. The fourth-order valence-electron chi connectivity index (χ4n) is 9.09. The summed E-state index contributed by atoms with van der Waals surface area (Å²) in [5.41, 5.74) is 1.62. The second-order valence-corrected chi connectivity index (χ2v) is 12.4. The van der Waals surface area contributed by atoms with E-state index in [9.17, 15) is 9.59 Å². The van der Waals surface area contributed by atoms with Crippen molar-refractivity contribution in [2.24, 2.45) is 34.5 Å². The second-order valence-electron chi connectivity index (χ2n) is 12.4. The van der Waals surface area contributed by atoms with Crippen molar-refractivity contribution in [3.63, 3.8) is 0 Å². The topological polar surface area (TPSA) is 47.8 Å². The summed E-state index contributed by atoms with van der Waals surface area (Å²) in [7, 11) is 0. The molecule has 4 aliphatic carbocycles. The Morgan fingerprint density at radius 1 is 1.06 bits per heavy atom. The minimum atomic E-state index is 0.0360. The number of rotatable bonds is 5. The molecule has 0 aromatic carbocycles. The van der Waals surface area contributed by atoms with Crippen LogP contribution in [0.25, 0.3) is 0 Å². The molecule has 1 aliphatic heterocycles. The second kappa shape index (κ2) is 8.56. The first-order valence-corrected chi connectivity index (χ1v) is 13.6. The van der Waals surface area contributed by atoms with Crippen molar-refractivity contribution in [2.75, 3.05) is 19.6 Å². The molecule has 7 atom stereocenters. The number of hydrogen-bond acceptors (Lipinski definition) is 3. The number of quaternary nitrogens is 1. The molecule has 0 bridgehead atoms. The maximum absolute atomic E-state index is 12.5. The summed E-state index contributed by atoms with van der Waals surface area (Å²) in [5, 5.41) is 0. The third-order valence-corrected chi connectivity index (χ3v) is 10.9. The standard InChI is InChI=1S/C28H43NO3/c1-19(30)23-8-9-24-22-7-6-20-18-21(32-26(31)12-17-29-15-4-5-16-29)10-13-27(20,2)25(22)11-14-28(23,24)3/h8,20-22,24-25H,4-7,9-18H2,1-3H3/p+1/t20-,21-,22+,24-,25+,27-,28+/m0/s1. The molecule has 0 aromatic heterocycles. The number of carbonyl (C=O) groups excluding carboxylic acids is 2. The van der Waals surface area contributed by atoms with Gasteiger partial charge in [-0.1, -0.05) is 19.9 Å². The number of Topliss-reactive ketones (excluding diaryl/α,β-unsaturated/α-hetero) is 1. The smallest absolute Gasteiger partial charge is 0.311 e. The first-order valence-electron chi connectivity index (χ1n) is 13.6. The first kappa shape index (κ1) is 22.6. The van der Waals surface area contributed by atoms with Crippen LogP contribution in [0.15, 0.2) is 11.6 Å². The highest BCUT2D eigenvalue weighted by molar-refractivity contribution is 5.95. The Morgan fingerprint density at radius 2 is 1.84 bits per heavy atom. The van der Waals surface area contributed by atoms with Crippen molar-refractivity contribution < 1.29 is 19.2 Å². The van der Waals surface area contributed by atoms with E-state index >= 15 is 0 Å². The molecule has 32 heavy (non-hydrogen) atoms. The van der Waals surface area contributed by atoms with Crippen molar-refractivity contribution in [2.45, 2.75) is 97.5 Å². The van der Waals surface area contributed by atoms with Crippen molar-refractivity contribution in [3.05, 3.63) is 11.6 Å².